The molecule has 0 heterocycles. The molecule has 6 heteroatoms. The smallest absolute Gasteiger partial charge is 0.306 e. The Morgan fingerprint density at radius 1 is 0.900 bits per heavy atom. The molecule has 0 aromatic carbocycles. The second-order valence-electron chi connectivity index (χ2n) is 14.8. The summed E-state index contributed by atoms with van der Waals surface area (Å²) in [5.41, 5.74) is 3.27. The number of esters is 2. The van der Waals surface area contributed by atoms with Crippen LogP contribution in [-0.2, 0) is 23.9 Å². The molecule has 0 aliphatic heterocycles. The number of hydrogen-bond acceptors (Lipinski definition) is 5. The lowest BCUT2D eigenvalue weighted by atomic mass is 9.43. The van der Waals surface area contributed by atoms with Gasteiger partial charge in [-0.1, -0.05) is 57.4 Å². The summed E-state index contributed by atoms with van der Waals surface area (Å²) < 4.78 is 12.0. The number of carboxylic acid groups (broad SMARTS) is 1. The SMILES string of the molecule is CC(=O)OC1CCC2(C)C3=C(CCC2C1(C)C)C1(C)C(OC(C)=O)CC(C(CCC=C(C)C)C(=O)O)C1(C)CC3. The number of carbonyl (C=O) groups excluding carboxylic acids is 2. The van der Waals surface area contributed by atoms with Crippen LogP contribution in [-0.4, -0.2) is 35.2 Å². The van der Waals surface area contributed by atoms with E-state index in [4.69, 9.17) is 9.47 Å². The quantitative estimate of drug-likeness (QED) is 0.256. The molecule has 0 saturated heterocycles. The zero-order valence-electron chi connectivity index (χ0n) is 26.3. The Morgan fingerprint density at radius 3 is 2.10 bits per heavy atom. The van der Waals surface area contributed by atoms with Crippen molar-refractivity contribution < 1.29 is 29.0 Å². The van der Waals surface area contributed by atoms with Crippen LogP contribution in [0.1, 0.15) is 120 Å². The molecule has 0 aromatic rings. The Kier molecular flexibility index (Phi) is 8.19. The molecular formula is C34H52O6. The van der Waals surface area contributed by atoms with Crippen molar-refractivity contribution in [1.82, 2.24) is 0 Å². The van der Waals surface area contributed by atoms with E-state index in [-0.39, 0.29) is 46.3 Å². The van der Waals surface area contributed by atoms with Crippen molar-refractivity contribution >= 4 is 17.9 Å². The maximum atomic E-state index is 12.7. The first kappa shape index (κ1) is 30.8. The van der Waals surface area contributed by atoms with E-state index in [2.05, 4.69) is 40.7 Å². The molecule has 0 amide bonds. The first-order chi connectivity index (χ1) is 18.5. The fourth-order valence-electron chi connectivity index (χ4n) is 10.2. The number of rotatable bonds is 7. The van der Waals surface area contributed by atoms with Crippen LogP contribution >= 0.6 is 0 Å². The van der Waals surface area contributed by atoms with Gasteiger partial charge in [0.2, 0.25) is 0 Å². The van der Waals surface area contributed by atoms with Gasteiger partial charge in [-0.3, -0.25) is 14.4 Å². The average molecular weight is 557 g/mol. The number of hydrogen-bond donors (Lipinski definition) is 1. The van der Waals surface area contributed by atoms with E-state index in [9.17, 15) is 19.5 Å². The van der Waals surface area contributed by atoms with Crippen molar-refractivity contribution in [3.63, 3.8) is 0 Å². The summed E-state index contributed by atoms with van der Waals surface area (Å²) in [6.45, 7) is 18.6. The van der Waals surface area contributed by atoms with Crippen LogP contribution in [0.25, 0.3) is 0 Å². The van der Waals surface area contributed by atoms with Gasteiger partial charge in [-0.25, -0.2) is 0 Å². The molecule has 1 N–H and O–H groups in total. The highest BCUT2D eigenvalue weighted by Gasteiger charge is 2.68. The average Bonchev–Trinajstić information content (AvgIpc) is 3.05. The molecule has 0 bridgehead atoms. The summed E-state index contributed by atoms with van der Waals surface area (Å²) >= 11 is 0. The van der Waals surface area contributed by atoms with Crippen molar-refractivity contribution in [1.29, 1.82) is 0 Å². The predicted molar refractivity (Wildman–Crippen MR) is 155 cm³/mol. The van der Waals surface area contributed by atoms with Gasteiger partial charge in [0.25, 0.3) is 0 Å². The number of carbonyl (C=O) groups is 3. The molecule has 2 saturated carbocycles. The van der Waals surface area contributed by atoms with Gasteiger partial charge >= 0.3 is 17.9 Å². The molecule has 4 aliphatic rings. The maximum absolute atomic E-state index is 12.7. The fraction of sp³-hybridized carbons (Fsp3) is 0.794. The van der Waals surface area contributed by atoms with Crippen LogP contribution in [0, 0.1) is 39.4 Å². The topological polar surface area (TPSA) is 89.9 Å². The lowest BCUT2D eigenvalue weighted by Crippen LogP contribution is -2.57. The molecule has 0 radical (unpaired) electrons. The second kappa shape index (κ2) is 10.6. The molecule has 224 valence electrons. The molecule has 2 fully saturated rings. The third kappa shape index (κ3) is 4.75. The third-order valence-electron chi connectivity index (χ3n) is 12.2. The Hall–Kier alpha value is -2.11. The van der Waals surface area contributed by atoms with Crippen molar-refractivity contribution in [2.24, 2.45) is 39.4 Å². The number of fused-ring (bicyclic) bond motifs is 4. The minimum Gasteiger partial charge on any atom is -0.481 e. The molecule has 4 rings (SSSR count). The maximum Gasteiger partial charge on any atom is 0.306 e. The van der Waals surface area contributed by atoms with Crippen LogP contribution in [0.2, 0.25) is 0 Å². The highest BCUT2D eigenvalue weighted by molar-refractivity contribution is 5.71. The van der Waals surface area contributed by atoms with E-state index in [1.165, 1.54) is 30.6 Å². The molecule has 0 aromatic heterocycles. The molecular weight excluding hydrogens is 504 g/mol. The van der Waals surface area contributed by atoms with Gasteiger partial charge < -0.3 is 14.6 Å². The van der Waals surface area contributed by atoms with Crippen LogP contribution in [0.15, 0.2) is 22.8 Å². The van der Waals surface area contributed by atoms with E-state index in [1.54, 1.807) is 0 Å². The Labute approximate surface area is 241 Å². The summed E-state index contributed by atoms with van der Waals surface area (Å²) in [6.07, 6.45) is 9.21. The Morgan fingerprint density at radius 2 is 1.52 bits per heavy atom. The molecule has 6 nitrogen and oxygen atoms in total. The highest BCUT2D eigenvalue weighted by Crippen LogP contribution is 2.73. The van der Waals surface area contributed by atoms with Crippen molar-refractivity contribution in [3.8, 4) is 0 Å². The molecule has 0 spiro atoms. The fourth-order valence-corrected chi connectivity index (χ4v) is 10.2. The van der Waals surface area contributed by atoms with Crippen LogP contribution in [0.3, 0.4) is 0 Å². The van der Waals surface area contributed by atoms with Gasteiger partial charge in [-0.15, -0.1) is 0 Å². The zero-order chi connectivity index (χ0) is 29.8. The summed E-state index contributed by atoms with van der Waals surface area (Å²) in [4.78, 5) is 37.1. The van der Waals surface area contributed by atoms with E-state index < -0.39 is 17.3 Å². The van der Waals surface area contributed by atoms with Crippen LogP contribution in [0.4, 0.5) is 0 Å². The molecule has 4 aliphatic carbocycles. The van der Waals surface area contributed by atoms with Gasteiger partial charge in [0, 0.05) is 24.7 Å². The van der Waals surface area contributed by atoms with E-state index in [0.29, 0.717) is 18.8 Å². The number of ether oxygens (including phenoxy) is 2. The first-order valence-electron chi connectivity index (χ1n) is 15.4. The van der Waals surface area contributed by atoms with E-state index in [0.717, 1.165) is 44.9 Å². The van der Waals surface area contributed by atoms with Crippen molar-refractivity contribution in [3.05, 3.63) is 22.8 Å². The number of aliphatic carboxylic acids is 1. The summed E-state index contributed by atoms with van der Waals surface area (Å²) in [7, 11) is 0. The first-order valence-corrected chi connectivity index (χ1v) is 15.4. The van der Waals surface area contributed by atoms with Crippen LogP contribution < -0.4 is 0 Å². The van der Waals surface area contributed by atoms with Crippen LogP contribution in [0.5, 0.6) is 0 Å². The highest BCUT2D eigenvalue weighted by atomic mass is 16.5. The van der Waals surface area contributed by atoms with Gasteiger partial charge in [0.1, 0.15) is 12.2 Å². The zero-order valence-corrected chi connectivity index (χ0v) is 26.3. The lowest BCUT2D eigenvalue weighted by Gasteiger charge is -2.62. The second-order valence-corrected chi connectivity index (χ2v) is 14.8. The standard InChI is InChI=1S/C34H52O6/c1-20(2)11-10-12-23(30(37)38)26-19-29(40-22(4)36)34(9)25-13-14-27-31(5,6)28(39-21(3)35)16-17-32(27,7)24(25)15-18-33(26,34)8/h11,23,26-29H,10,12-19H2,1-9H3,(H,37,38). The lowest BCUT2D eigenvalue weighted by molar-refractivity contribution is -0.168. The molecule has 8 atom stereocenters. The number of allylic oxidation sites excluding steroid dienone is 3. The minimum atomic E-state index is -0.736. The van der Waals surface area contributed by atoms with E-state index in [1.807, 2.05) is 13.8 Å². The van der Waals surface area contributed by atoms with Gasteiger partial charge in [0.15, 0.2) is 0 Å². The minimum absolute atomic E-state index is 0.0213. The number of carboxylic acids is 1. The summed E-state index contributed by atoms with van der Waals surface area (Å²) in [5, 5.41) is 10.5. The predicted octanol–water partition coefficient (Wildman–Crippen LogP) is 7.66. The Bertz CT molecular complexity index is 1110. The molecule has 8 unspecified atom stereocenters. The van der Waals surface area contributed by atoms with Gasteiger partial charge in [-0.05, 0) is 94.3 Å². The molecule has 40 heavy (non-hydrogen) atoms. The monoisotopic (exact) mass is 556 g/mol. The summed E-state index contributed by atoms with van der Waals surface area (Å²) in [6, 6.07) is 0. The summed E-state index contributed by atoms with van der Waals surface area (Å²) in [5.74, 6) is -1.41. The Balaban J connectivity index is 1.78. The van der Waals surface area contributed by atoms with Gasteiger partial charge in [-0.2, -0.15) is 0 Å². The normalized spacial score (nSPS) is 38.8. The largest absolute Gasteiger partial charge is 0.481 e. The van der Waals surface area contributed by atoms with Gasteiger partial charge in [0.05, 0.1) is 5.92 Å². The van der Waals surface area contributed by atoms with Crippen molar-refractivity contribution in [2.45, 2.75) is 132 Å². The van der Waals surface area contributed by atoms with Crippen molar-refractivity contribution in [2.75, 3.05) is 0 Å². The van der Waals surface area contributed by atoms with E-state index >= 15 is 0 Å². The third-order valence-corrected chi connectivity index (χ3v) is 12.2.